The van der Waals surface area contributed by atoms with E-state index in [1.165, 1.54) is 22.0 Å². The molecule has 0 aromatic carbocycles. The number of rotatable bonds is 2. The summed E-state index contributed by atoms with van der Waals surface area (Å²) < 4.78 is 0. The predicted molar refractivity (Wildman–Crippen MR) is 61.2 cm³/mol. The molecule has 0 bridgehead atoms. The quantitative estimate of drug-likeness (QED) is 0.811. The van der Waals surface area contributed by atoms with Gasteiger partial charge in [0, 0.05) is 23.3 Å². The van der Waals surface area contributed by atoms with Gasteiger partial charge in [-0.05, 0) is 19.9 Å². The first-order valence-electron chi connectivity index (χ1n) is 5.36. The van der Waals surface area contributed by atoms with Gasteiger partial charge in [-0.2, -0.15) is 0 Å². The van der Waals surface area contributed by atoms with Gasteiger partial charge < -0.3 is 5.32 Å². The van der Waals surface area contributed by atoms with E-state index in [-0.39, 0.29) is 0 Å². The van der Waals surface area contributed by atoms with Crippen LogP contribution in [0.3, 0.4) is 0 Å². The third-order valence-electron chi connectivity index (χ3n) is 2.79. The van der Waals surface area contributed by atoms with Crippen LogP contribution in [-0.4, -0.2) is 18.1 Å². The summed E-state index contributed by atoms with van der Waals surface area (Å²) in [6.07, 6.45) is 1.25. The average molecular weight is 210 g/mol. The van der Waals surface area contributed by atoms with E-state index in [0.717, 1.165) is 13.1 Å². The van der Waals surface area contributed by atoms with Crippen molar-refractivity contribution in [1.29, 1.82) is 0 Å². The Labute approximate surface area is 89.8 Å². The van der Waals surface area contributed by atoms with Crippen LogP contribution in [0.1, 0.15) is 47.7 Å². The fourth-order valence-corrected chi connectivity index (χ4v) is 2.95. The van der Waals surface area contributed by atoms with E-state index in [1.807, 2.05) is 11.3 Å². The zero-order chi connectivity index (χ0) is 10.1. The van der Waals surface area contributed by atoms with Crippen LogP contribution in [0, 0.1) is 6.92 Å². The van der Waals surface area contributed by atoms with Crippen molar-refractivity contribution in [1.82, 2.24) is 10.3 Å². The minimum Gasteiger partial charge on any atom is -0.316 e. The molecule has 1 aromatic heterocycles. The summed E-state index contributed by atoms with van der Waals surface area (Å²) in [5.74, 6) is 1.24. The minimum atomic E-state index is 0.571. The molecule has 1 N–H and O–H groups in total. The van der Waals surface area contributed by atoms with Gasteiger partial charge in [0.05, 0.1) is 10.7 Å². The molecule has 0 amide bonds. The summed E-state index contributed by atoms with van der Waals surface area (Å²) in [7, 11) is 0. The molecule has 78 valence electrons. The zero-order valence-electron chi connectivity index (χ0n) is 9.13. The number of hydrogen-bond donors (Lipinski definition) is 1. The Bertz CT molecular complexity index is 311. The third kappa shape index (κ3) is 1.84. The average Bonchev–Trinajstić information content (AvgIpc) is 2.71. The molecule has 1 aliphatic rings. The molecule has 0 radical (unpaired) electrons. The summed E-state index contributed by atoms with van der Waals surface area (Å²) in [6, 6.07) is 0. The summed E-state index contributed by atoms with van der Waals surface area (Å²) in [4.78, 5) is 6.19. The molecular formula is C11H18N2S. The maximum Gasteiger partial charge on any atom is 0.0956 e. The predicted octanol–water partition coefficient (Wildman–Crippen LogP) is 2.65. The highest BCUT2D eigenvalue weighted by molar-refractivity contribution is 7.11. The van der Waals surface area contributed by atoms with Crippen LogP contribution >= 0.6 is 11.3 Å². The molecule has 1 fully saturated rings. The SMILES string of the molecule is Cc1sc(C(C)C)nc1C1CCNC1. The van der Waals surface area contributed by atoms with Crippen molar-refractivity contribution in [3.63, 3.8) is 0 Å². The molecule has 1 unspecified atom stereocenters. The number of thiazole rings is 1. The summed E-state index contributed by atoms with van der Waals surface area (Å²) >= 11 is 1.87. The Morgan fingerprint density at radius 2 is 2.29 bits per heavy atom. The first kappa shape index (κ1) is 10.1. The van der Waals surface area contributed by atoms with Crippen molar-refractivity contribution >= 4 is 11.3 Å². The van der Waals surface area contributed by atoms with Gasteiger partial charge in [-0.3, -0.25) is 0 Å². The second-order valence-electron chi connectivity index (χ2n) is 4.34. The second-order valence-corrected chi connectivity index (χ2v) is 5.57. The number of aryl methyl sites for hydroxylation is 1. The molecule has 0 saturated carbocycles. The second kappa shape index (κ2) is 3.99. The van der Waals surface area contributed by atoms with Crippen molar-refractivity contribution in [2.24, 2.45) is 0 Å². The Hall–Kier alpha value is -0.410. The van der Waals surface area contributed by atoms with Gasteiger partial charge in [-0.25, -0.2) is 4.98 Å². The first-order valence-corrected chi connectivity index (χ1v) is 6.18. The van der Waals surface area contributed by atoms with E-state index in [0.29, 0.717) is 11.8 Å². The van der Waals surface area contributed by atoms with Gasteiger partial charge in [-0.1, -0.05) is 13.8 Å². The van der Waals surface area contributed by atoms with Gasteiger partial charge in [-0.15, -0.1) is 11.3 Å². The van der Waals surface area contributed by atoms with Crippen molar-refractivity contribution in [3.05, 3.63) is 15.6 Å². The maximum atomic E-state index is 4.77. The molecule has 0 aliphatic carbocycles. The standard InChI is InChI=1S/C11H18N2S/c1-7(2)11-13-10(8(3)14-11)9-4-5-12-6-9/h7,9,12H,4-6H2,1-3H3. The fraction of sp³-hybridized carbons (Fsp3) is 0.727. The highest BCUT2D eigenvalue weighted by Gasteiger charge is 2.22. The molecule has 2 rings (SSSR count). The molecule has 1 aliphatic heterocycles. The van der Waals surface area contributed by atoms with Crippen molar-refractivity contribution < 1.29 is 0 Å². The van der Waals surface area contributed by atoms with Gasteiger partial charge in [0.1, 0.15) is 0 Å². The van der Waals surface area contributed by atoms with E-state index in [2.05, 4.69) is 26.1 Å². The third-order valence-corrected chi connectivity index (χ3v) is 4.08. The van der Waals surface area contributed by atoms with E-state index in [4.69, 9.17) is 4.98 Å². The van der Waals surface area contributed by atoms with Gasteiger partial charge in [0.15, 0.2) is 0 Å². The molecule has 0 spiro atoms. The lowest BCUT2D eigenvalue weighted by Gasteiger charge is -2.05. The number of nitrogens with one attached hydrogen (secondary N) is 1. The summed E-state index contributed by atoms with van der Waals surface area (Å²) in [5, 5.41) is 4.70. The Kier molecular flexibility index (Phi) is 2.88. The Morgan fingerprint density at radius 1 is 1.50 bits per heavy atom. The lowest BCUT2D eigenvalue weighted by atomic mass is 10.0. The number of hydrogen-bond acceptors (Lipinski definition) is 3. The van der Waals surface area contributed by atoms with E-state index >= 15 is 0 Å². The maximum absolute atomic E-state index is 4.77. The summed E-state index contributed by atoms with van der Waals surface area (Å²) in [6.45, 7) is 8.90. The van der Waals surface area contributed by atoms with Gasteiger partial charge >= 0.3 is 0 Å². The monoisotopic (exact) mass is 210 g/mol. The van der Waals surface area contributed by atoms with Crippen LogP contribution in [0.15, 0.2) is 0 Å². The van der Waals surface area contributed by atoms with Crippen molar-refractivity contribution in [2.45, 2.75) is 39.0 Å². The molecule has 1 saturated heterocycles. The normalized spacial score (nSPS) is 22.1. The van der Waals surface area contributed by atoms with Crippen LogP contribution in [0.25, 0.3) is 0 Å². The molecule has 3 heteroatoms. The van der Waals surface area contributed by atoms with E-state index < -0.39 is 0 Å². The first-order chi connectivity index (χ1) is 6.68. The lowest BCUT2D eigenvalue weighted by Crippen LogP contribution is -2.08. The van der Waals surface area contributed by atoms with Crippen LogP contribution in [-0.2, 0) is 0 Å². The zero-order valence-corrected chi connectivity index (χ0v) is 9.95. The highest BCUT2D eigenvalue weighted by Crippen LogP contribution is 2.31. The molecule has 14 heavy (non-hydrogen) atoms. The Balaban J connectivity index is 2.24. The fourth-order valence-electron chi connectivity index (χ4n) is 1.94. The minimum absolute atomic E-state index is 0.571. The van der Waals surface area contributed by atoms with Gasteiger partial charge in [0.25, 0.3) is 0 Å². The smallest absolute Gasteiger partial charge is 0.0956 e. The highest BCUT2D eigenvalue weighted by atomic mass is 32.1. The molecule has 1 aromatic rings. The summed E-state index contributed by atoms with van der Waals surface area (Å²) in [5.41, 5.74) is 1.35. The van der Waals surface area contributed by atoms with Crippen LogP contribution in [0.2, 0.25) is 0 Å². The van der Waals surface area contributed by atoms with E-state index in [9.17, 15) is 0 Å². The lowest BCUT2D eigenvalue weighted by molar-refractivity contribution is 0.723. The topological polar surface area (TPSA) is 24.9 Å². The molecule has 1 atom stereocenters. The van der Waals surface area contributed by atoms with Crippen LogP contribution in [0.5, 0.6) is 0 Å². The number of aromatic nitrogens is 1. The van der Waals surface area contributed by atoms with E-state index in [1.54, 1.807) is 0 Å². The molecular weight excluding hydrogens is 192 g/mol. The van der Waals surface area contributed by atoms with Crippen LogP contribution in [0.4, 0.5) is 0 Å². The largest absolute Gasteiger partial charge is 0.316 e. The molecule has 2 heterocycles. The Morgan fingerprint density at radius 3 is 2.79 bits per heavy atom. The molecule has 2 nitrogen and oxygen atoms in total. The van der Waals surface area contributed by atoms with Crippen molar-refractivity contribution in [3.8, 4) is 0 Å². The van der Waals surface area contributed by atoms with Crippen molar-refractivity contribution in [2.75, 3.05) is 13.1 Å². The van der Waals surface area contributed by atoms with Crippen LogP contribution < -0.4 is 5.32 Å². The van der Waals surface area contributed by atoms with Gasteiger partial charge in [0.2, 0.25) is 0 Å². The number of nitrogens with zero attached hydrogens (tertiary/aromatic N) is 1.